The molecule has 4 heterocycles. The summed E-state index contributed by atoms with van der Waals surface area (Å²) in [5.41, 5.74) is 3.15. The van der Waals surface area contributed by atoms with E-state index in [-0.39, 0.29) is 10.8 Å². The van der Waals surface area contributed by atoms with Gasteiger partial charge in [-0.05, 0) is 36.8 Å². The van der Waals surface area contributed by atoms with Crippen LogP contribution in [-0.4, -0.2) is 67.1 Å². The van der Waals surface area contributed by atoms with Crippen LogP contribution in [0.5, 0.6) is 0 Å². The molecular weight excluding hydrogens is 474 g/mol. The van der Waals surface area contributed by atoms with E-state index in [0.29, 0.717) is 37.6 Å². The van der Waals surface area contributed by atoms with E-state index >= 15 is 0 Å². The van der Waals surface area contributed by atoms with E-state index in [4.69, 9.17) is 9.72 Å². The summed E-state index contributed by atoms with van der Waals surface area (Å²) < 4.78 is 32.8. The van der Waals surface area contributed by atoms with Crippen molar-refractivity contribution in [1.29, 1.82) is 0 Å². The predicted octanol–water partition coefficient (Wildman–Crippen LogP) is 3.76. The fourth-order valence-corrected chi connectivity index (χ4v) is 5.96. The van der Waals surface area contributed by atoms with E-state index in [1.807, 2.05) is 24.3 Å². The van der Waals surface area contributed by atoms with Crippen LogP contribution in [0.15, 0.2) is 78.5 Å². The third-order valence-electron chi connectivity index (χ3n) is 6.55. The maximum atomic E-state index is 13.0. The summed E-state index contributed by atoms with van der Waals surface area (Å²) in [6, 6.07) is 12.2. The molecule has 0 aliphatic carbocycles. The van der Waals surface area contributed by atoms with Gasteiger partial charge in [-0.15, -0.1) is 0 Å². The Morgan fingerprint density at radius 1 is 1.06 bits per heavy atom. The number of anilines is 1. The van der Waals surface area contributed by atoms with Crippen molar-refractivity contribution in [3.05, 3.63) is 89.9 Å². The molecule has 0 bridgehead atoms. The number of hydrogen-bond donors (Lipinski definition) is 0. The molecule has 9 heteroatoms. The van der Waals surface area contributed by atoms with Gasteiger partial charge in [0.25, 0.3) is 0 Å². The van der Waals surface area contributed by atoms with Gasteiger partial charge in [0.2, 0.25) is 10.0 Å². The van der Waals surface area contributed by atoms with Gasteiger partial charge in [-0.2, -0.15) is 4.31 Å². The maximum Gasteiger partial charge on any atom is 0.242 e. The van der Waals surface area contributed by atoms with E-state index in [9.17, 15) is 8.42 Å². The van der Waals surface area contributed by atoms with Gasteiger partial charge in [0, 0.05) is 49.9 Å². The summed E-state index contributed by atoms with van der Waals surface area (Å²) in [6.07, 6.45) is 8.24. The molecule has 2 fully saturated rings. The molecule has 0 spiro atoms. The minimum absolute atomic E-state index is 0.186. The average molecular weight is 504 g/mol. The average Bonchev–Trinajstić information content (AvgIpc) is 2.88. The van der Waals surface area contributed by atoms with Gasteiger partial charge in [0.05, 0.1) is 35.0 Å². The van der Waals surface area contributed by atoms with Crippen molar-refractivity contribution in [1.82, 2.24) is 19.3 Å². The first-order valence-electron chi connectivity index (χ1n) is 12.0. The van der Waals surface area contributed by atoms with Crippen LogP contribution in [0.25, 0.3) is 16.5 Å². The van der Waals surface area contributed by atoms with Crippen molar-refractivity contribution < 1.29 is 13.2 Å². The van der Waals surface area contributed by atoms with Gasteiger partial charge in [-0.3, -0.25) is 9.97 Å². The number of benzene rings is 1. The van der Waals surface area contributed by atoms with Gasteiger partial charge in [-0.1, -0.05) is 36.9 Å². The molecule has 0 unspecified atom stereocenters. The quantitative estimate of drug-likeness (QED) is 0.454. The molecule has 5 rings (SSSR count). The number of nitrogens with zero attached hydrogens (tertiary/aromatic N) is 5. The third kappa shape index (κ3) is 4.82. The fourth-order valence-electron chi connectivity index (χ4n) is 4.49. The van der Waals surface area contributed by atoms with Crippen LogP contribution in [0.4, 0.5) is 5.82 Å². The van der Waals surface area contributed by atoms with E-state index in [0.717, 1.165) is 35.5 Å². The zero-order valence-electron chi connectivity index (χ0n) is 20.2. The number of aromatic nitrogens is 3. The summed E-state index contributed by atoms with van der Waals surface area (Å²) >= 11 is 0. The number of hydrogen-bond acceptors (Lipinski definition) is 7. The number of allylic oxidation sites excluding steroid dienone is 4. The molecule has 2 saturated heterocycles. The Hall–Kier alpha value is -3.40. The SMILES string of the molecule is C=C(/C=C\C(=C/C)S(=O)(=O)N1CCOCC1)c1nccnc1C1CN(c2ccc3ccccc3n2)C1. The highest BCUT2D eigenvalue weighted by Gasteiger charge is 2.32. The number of morpholine rings is 1. The monoisotopic (exact) mass is 503 g/mol. The molecule has 1 aromatic carbocycles. The number of para-hydroxylation sites is 1. The van der Waals surface area contributed by atoms with Crippen molar-refractivity contribution in [3.8, 4) is 0 Å². The highest BCUT2D eigenvalue weighted by molar-refractivity contribution is 7.93. The highest BCUT2D eigenvalue weighted by atomic mass is 32.2. The summed E-state index contributed by atoms with van der Waals surface area (Å²) in [4.78, 5) is 16.4. The summed E-state index contributed by atoms with van der Waals surface area (Å²) in [5, 5.41) is 1.12. The zero-order valence-corrected chi connectivity index (χ0v) is 21.1. The highest BCUT2D eigenvalue weighted by Crippen LogP contribution is 2.33. The number of pyridine rings is 1. The molecule has 8 nitrogen and oxygen atoms in total. The largest absolute Gasteiger partial charge is 0.379 e. The number of fused-ring (bicyclic) bond motifs is 1. The van der Waals surface area contributed by atoms with Crippen LogP contribution in [-0.2, 0) is 14.8 Å². The van der Waals surface area contributed by atoms with Crippen molar-refractivity contribution >= 4 is 32.3 Å². The smallest absolute Gasteiger partial charge is 0.242 e. The molecule has 0 atom stereocenters. The molecule has 3 aromatic rings. The Morgan fingerprint density at radius 2 is 1.81 bits per heavy atom. The first-order chi connectivity index (χ1) is 17.5. The second-order valence-electron chi connectivity index (χ2n) is 8.82. The summed E-state index contributed by atoms with van der Waals surface area (Å²) in [6.45, 7) is 8.96. The van der Waals surface area contributed by atoms with Gasteiger partial charge in [0.1, 0.15) is 5.82 Å². The predicted molar refractivity (Wildman–Crippen MR) is 142 cm³/mol. The van der Waals surface area contributed by atoms with Crippen LogP contribution >= 0.6 is 0 Å². The second kappa shape index (κ2) is 10.3. The van der Waals surface area contributed by atoms with Crippen molar-refractivity contribution in [2.45, 2.75) is 12.8 Å². The van der Waals surface area contributed by atoms with Gasteiger partial charge < -0.3 is 9.64 Å². The van der Waals surface area contributed by atoms with Gasteiger partial charge in [0.15, 0.2) is 0 Å². The molecule has 0 N–H and O–H groups in total. The van der Waals surface area contributed by atoms with Crippen LogP contribution in [0.2, 0.25) is 0 Å². The number of sulfonamides is 1. The molecule has 186 valence electrons. The van der Waals surface area contributed by atoms with E-state index in [1.165, 1.54) is 4.31 Å². The Morgan fingerprint density at radius 3 is 2.58 bits per heavy atom. The third-order valence-corrected chi connectivity index (χ3v) is 8.56. The maximum absolute atomic E-state index is 13.0. The summed E-state index contributed by atoms with van der Waals surface area (Å²) in [7, 11) is -3.59. The molecule has 0 saturated carbocycles. The van der Waals surface area contributed by atoms with Crippen LogP contribution < -0.4 is 4.90 Å². The molecule has 2 aromatic heterocycles. The van der Waals surface area contributed by atoms with Crippen LogP contribution in [0.1, 0.15) is 24.2 Å². The van der Waals surface area contributed by atoms with E-state index in [2.05, 4.69) is 33.6 Å². The van der Waals surface area contributed by atoms with E-state index < -0.39 is 10.0 Å². The number of rotatable bonds is 7. The molecular formula is C27H29N5O3S. The first-order valence-corrected chi connectivity index (χ1v) is 13.4. The standard InChI is InChI=1S/C27H29N5O3S/c1-3-23(36(33,34)32-14-16-35-17-15-32)10-8-20(2)26-27(29-13-12-28-26)22-18-31(19-22)25-11-9-21-6-4-5-7-24(21)30-25/h3-13,22H,2,14-19H2,1H3/b10-8-,23-3+. The Labute approximate surface area is 211 Å². The zero-order chi connectivity index (χ0) is 25.1. The number of ether oxygens (including phenoxy) is 1. The molecule has 2 aliphatic heterocycles. The molecule has 0 radical (unpaired) electrons. The lowest BCUT2D eigenvalue weighted by molar-refractivity contribution is 0.0734. The molecule has 0 amide bonds. The summed E-state index contributed by atoms with van der Waals surface area (Å²) in [5.74, 6) is 1.13. The van der Waals surface area contributed by atoms with E-state index in [1.54, 1.807) is 37.5 Å². The fraction of sp³-hybridized carbons (Fsp3) is 0.296. The second-order valence-corrected chi connectivity index (χ2v) is 10.8. The topological polar surface area (TPSA) is 88.5 Å². The van der Waals surface area contributed by atoms with Gasteiger partial charge >= 0.3 is 0 Å². The molecule has 2 aliphatic rings. The lowest BCUT2D eigenvalue weighted by atomic mass is 9.92. The Kier molecular flexibility index (Phi) is 6.95. The Balaban J connectivity index is 1.30. The van der Waals surface area contributed by atoms with Gasteiger partial charge in [-0.25, -0.2) is 13.4 Å². The van der Waals surface area contributed by atoms with Crippen LogP contribution in [0, 0.1) is 0 Å². The molecule has 36 heavy (non-hydrogen) atoms. The lowest BCUT2D eigenvalue weighted by Gasteiger charge is -2.40. The minimum Gasteiger partial charge on any atom is -0.379 e. The van der Waals surface area contributed by atoms with Crippen molar-refractivity contribution in [2.75, 3.05) is 44.3 Å². The Bertz CT molecular complexity index is 1440. The first kappa shape index (κ1) is 24.3. The minimum atomic E-state index is -3.59. The lowest BCUT2D eigenvalue weighted by Crippen LogP contribution is -2.46. The van der Waals surface area contributed by atoms with Crippen molar-refractivity contribution in [3.63, 3.8) is 0 Å². The van der Waals surface area contributed by atoms with Crippen molar-refractivity contribution in [2.24, 2.45) is 0 Å². The normalized spacial score (nSPS) is 18.0. The van der Waals surface area contributed by atoms with Crippen LogP contribution in [0.3, 0.4) is 0 Å².